The lowest BCUT2D eigenvalue weighted by Gasteiger charge is -2.34. The van der Waals surface area contributed by atoms with Crippen molar-refractivity contribution in [2.24, 2.45) is 16.8 Å². The van der Waals surface area contributed by atoms with E-state index < -0.39 is 0 Å². The van der Waals surface area contributed by atoms with Crippen LogP contribution in [0.2, 0.25) is 0 Å². The third kappa shape index (κ3) is 7.84. The number of hydrogen-bond acceptors (Lipinski definition) is 4. The van der Waals surface area contributed by atoms with Crippen molar-refractivity contribution in [3.8, 4) is 0 Å². The van der Waals surface area contributed by atoms with Crippen molar-refractivity contribution in [3.63, 3.8) is 0 Å². The Kier molecular flexibility index (Phi) is 11.2. The summed E-state index contributed by atoms with van der Waals surface area (Å²) in [5.74, 6) is 1.83. The van der Waals surface area contributed by atoms with Gasteiger partial charge in [-0.3, -0.25) is 4.99 Å². The van der Waals surface area contributed by atoms with E-state index in [1.54, 1.807) is 0 Å². The molecule has 24 heavy (non-hydrogen) atoms. The molecule has 2 unspecified atom stereocenters. The van der Waals surface area contributed by atoms with Gasteiger partial charge in [0.05, 0.1) is 6.61 Å². The molecule has 0 aromatic carbocycles. The number of aliphatic hydroxyl groups is 1. The molecule has 2 saturated heterocycles. The number of piperidine rings is 1. The summed E-state index contributed by atoms with van der Waals surface area (Å²) in [5, 5.41) is 16.0. The van der Waals surface area contributed by atoms with Crippen LogP contribution >= 0.6 is 24.0 Å². The molecule has 0 spiro atoms. The van der Waals surface area contributed by atoms with Crippen molar-refractivity contribution in [2.75, 3.05) is 52.5 Å². The van der Waals surface area contributed by atoms with Crippen LogP contribution in [0.4, 0.5) is 0 Å². The Labute approximate surface area is 163 Å². The third-order valence-corrected chi connectivity index (χ3v) is 4.69. The highest BCUT2D eigenvalue weighted by molar-refractivity contribution is 14.0. The molecule has 2 heterocycles. The topological polar surface area (TPSA) is 69.1 Å². The van der Waals surface area contributed by atoms with Gasteiger partial charge < -0.3 is 25.4 Å². The number of guanidine groups is 1. The molecule has 2 rings (SSSR count). The first-order valence-electron chi connectivity index (χ1n) is 9.17. The van der Waals surface area contributed by atoms with Crippen LogP contribution in [0.1, 0.15) is 33.1 Å². The summed E-state index contributed by atoms with van der Waals surface area (Å²) in [6.07, 6.45) is 3.54. The second kappa shape index (κ2) is 12.3. The molecule has 0 bridgehead atoms. The number of hydrogen-bond donors (Lipinski definition) is 3. The SMILES string of the molecule is CCNC(=NCC(C)CO)NC1CCN(CC2CCOC2)CC1.I. The summed E-state index contributed by atoms with van der Waals surface area (Å²) in [4.78, 5) is 7.16. The summed E-state index contributed by atoms with van der Waals surface area (Å²) in [6.45, 7) is 11.2. The van der Waals surface area contributed by atoms with Crippen LogP contribution in [-0.4, -0.2) is 74.6 Å². The number of ether oxygens (including phenoxy) is 1. The fraction of sp³-hybridized carbons (Fsp3) is 0.941. The molecule has 6 nitrogen and oxygen atoms in total. The Morgan fingerprint density at radius 3 is 2.67 bits per heavy atom. The summed E-state index contributed by atoms with van der Waals surface area (Å²) in [5.41, 5.74) is 0. The maximum Gasteiger partial charge on any atom is 0.191 e. The Morgan fingerprint density at radius 1 is 1.33 bits per heavy atom. The zero-order chi connectivity index (χ0) is 16.5. The zero-order valence-corrected chi connectivity index (χ0v) is 17.5. The van der Waals surface area contributed by atoms with E-state index in [0.717, 1.165) is 57.6 Å². The molecule has 2 aliphatic heterocycles. The normalized spacial score (nSPS) is 24.5. The van der Waals surface area contributed by atoms with Crippen molar-refractivity contribution in [3.05, 3.63) is 0 Å². The number of aliphatic hydroxyl groups excluding tert-OH is 1. The van der Waals surface area contributed by atoms with Crippen LogP contribution in [0.3, 0.4) is 0 Å². The molecule has 2 atom stereocenters. The van der Waals surface area contributed by atoms with Crippen molar-refractivity contribution < 1.29 is 9.84 Å². The fourth-order valence-electron chi connectivity index (χ4n) is 3.17. The van der Waals surface area contributed by atoms with Crippen molar-refractivity contribution in [1.29, 1.82) is 0 Å². The summed E-state index contributed by atoms with van der Waals surface area (Å²) in [7, 11) is 0. The summed E-state index contributed by atoms with van der Waals surface area (Å²) in [6, 6.07) is 0.494. The van der Waals surface area contributed by atoms with Crippen LogP contribution in [0.15, 0.2) is 4.99 Å². The van der Waals surface area contributed by atoms with Crippen molar-refractivity contribution in [2.45, 2.75) is 39.2 Å². The molecule has 0 amide bonds. The number of likely N-dealkylation sites (tertiary alicyclic amines) is 1. The fourth-order valence-corrected chi connectivity index (χ4v) is 3.17. The quantitative estimate of drug-likeness (QED) is 0.307. The lowest BCUT2D eigenvalue weighted by molar-refractivity contribution is 0.150. The van der Waals surface area contributed by atoms with Crippen LogP contribution in [-0.2, 0) is 4.74 Å². The highest BCUT2D eigenvalue weighted by Gasteiger charge is 2.24. The minimum atomic E-state index is 0. The van der Waals surface area contributed by atoms with Crippen molar-refractivity contribution >= 4 is 29.9 Å². The predicted octanol–water partition coefficient (Wildman–Crippen LogP) is 1.29. The minimum Gasteiger partial charge on any atom is -0.396 e. The van der Waals surface area contributed by atoms with E-state index in [4.69, 9.17) is 9.84 Å². The third-order valence-electron chi connectivity index (χ3n) is 4.69. The molecule has 0 saturated carbocycles. The number of halogens is 1. The molecule has 2 aliphatic rings. The first-order valence-corrected chi connectivity index (χ1v) is 9.17. The van der Waals surface area contributed by atoms with Gasteiger partial charge in [-0.25, -0.2) is 0 Å². The van der Waals surface area contributed by atoms with Gasteiger partial charge in [0.1, 0.15) is 0 Å². The maximum atomic E-state index is 9.12. The molecular weight excluding hydrogens is 419 g/mol. The van der Waals surface area contributed by atoms with Gasteiger partial charge in [0.2, 0.25) is 0 Å². The van der Waals surface area contributed by atoms with Gasteiger partial charge in [-0.1, -0.05) is 6.92 Å². The second-order valence-corrected chi connectivity index (χ2v) is 6.96. The molecule has 3 N–H and O–H groups in total. The second-order valence-electron chi connectivity index (χ2n) is 6.96. The standard InChI is InChI=1S/C17H34N4O2.HI/c1-3-18-17(19-10-14(2)12-22)20-16-4-7-21(8-5-16)11-15-6-9-23-13-15;/h14-16,22H,3-13H2,1-2H3,(H2,18,19,20);1H. The molecular formula is C17H35IN4O2. The van der Waals surface area contributed by atoms with Gasteiger partial charge in [-0.2, -0.15) is 0 Å². The van der Waals surface area contributed by atoms with Crippen LogP contribution < -0.4 is 10.6 Å². The number of nitrogens with zero attached hydrogens (tertiary/aromatic N) is 2. The molecule has 142 valence electrons. The zero-order valence-electron chi connectivity index (χ0n) is 15.2. The van der Waals surface area contributed by atoms with E-state index in [2.05, 4.69) is 27.4 Å². The van der Waals surface area contributed by atoms with Gasteiger partial charge in [0.15, 0.2) is 5.96 Å². The Bertz CT molecular complexity index is 356. The smallest absolute Gasteiger partial charge is 0.191 e. The molecule has 0 aromatic rings. The first-order chi connectivity index (χ1) is 11.2. The number of aliphatic imine (C=N–C) groups is 1. The average Bonchev–Trinajstić information content (AvgIpc) is 3.07. The van der Waals surface area contributed by atoms with Crippen LogP contribution in [0, 0.1) is 11.8 Å². The Hall–Kier alpha value is -0.120. The van der Waals surface area contributed by atoms with E-state index in [9.17, 15) is 0 Å². The van der Waals surface area contributed by atoms with E-state index in [1.807, 2.05) is 6.92 Å². The van der Waals surface area contributed by atoms with Crippen LogP contribution in [0.5, 0.6) is 0 Å². The Balaban J connectivity index is 0.00000288. The largest absolute Gasteiger partial charge is 0.396 e. The first kappa shape index (κ1) is 21.9. The Morgan fingerprint density at radius 2 is 2.08 bits per heavy atom. The molecule has 0 radical (unpaired) electrons. The van der Waals surface area contributed by atoms with E-state index >= 15 is 0 Å². The average molecular weight is 454 g/mol. The maximum absolute atomic E-state index is 9.12. The molecule has 0 aliphatic carbocycles. The van der Waals surface area contributed by atoms with Crippen LogP contribution in [0.25, 0.3) is 0 Å². The molecule has 0 aromatic heterocycles. The van der Waals surface area contributed by atoms with E-state index in [-0.39, 0.29) is 36.5 Å². The van der Waals surface area contributed by atoms with Gasteiger partial charge in [-0.15, -0.1) is 24.0 Å². The van der Waals surface area contributed by atoms with E-state index in [1.165, 1.54) is 13.0 Å². The molecule has 7 heteroatoms. The summed E-state index contributed by atoms with van der Waals surface area (Å²) < 4.78 is 5.47. The highest BCUT2D eigenvalue weighted by atomic mass is 127. The van der Waals surface area contributed by atoms with Gasteiger partial charge >= 0.3 is 0 Å². The minimum absolute atomic E-state index is 0. The lowest BCUT2D eigenvalue weighted by Crippen LogP contribution is -2.49. The lowest BCUT2D eigenvalue weighted by atomic mass is 10.0. The van der Waals surface area contributed by atoms with Gasteiger partial charge in [-0.05, 0) is 38.0 Å². The molecule has 2 fully saturated rings. The highest BCUT2D eigenvalue weighted by Crippen LogP contribution is 2.17. The van der Waals surface area contributed by atoms with E-state index in [0.29, 0.717) is 12.6 Å². The monoisotopic (exact) mass is 454 g/mol. The van der Waals surface area contributed by atoms with Gasteiger partial charge in [0, 0.05) is 52.0 Å². The van der Waals surface area contributed by atoms with Gasteiger partial charge in [0.25, 0.3) is 0 Å². The van der Waals surface area contributed by atoms with Crippen molar-refractivity contribution in [1.82, 2.24) is 15.5 Å². The predicted molar refractivity (Wildman–Crippen MR) is 109 cm³/mol. The number of rotatable bonds is 7. The summed E-state index contributed by atoms with van der Waals surface area (Å²) >= 11 is 0. The number of nitrogens with one attached hydrogen (secondary N) is 2.